The highest BCUT2D eigenvalue weighted by molar-refractivity contribution is 9.10. The standard InChI is InChI=1S/C14H19BrN2O2/c1-10-7-12(15)14(16-8-10)17-13(18)9-19-11-5-3-2-4-6-11/h7-8,11H,2-6,9H2,1H3,(H,16,17,18). The van der Waals surface area contributed by atoms with Gasteiger partial charge in [-0.05, 0) is 47.3 Å². The summed E-state index contributed by atoms with van der Waals surface area (Å²) in [6, 6.07) is 1.92. The Balaban J connectivity index is 1.80. The zero-order valence-corrected chi connectivity index (χ0v) is 12.7. The van der Waals surface area contributed by atoms with Crippen molar-refractivity contribution >= 4 is 27.7 Å². The molecule has 0 unspecified atom stereocenters. The molecule has 1 aromatic heterocycles. The average Bonchev–Trinajstić information content (AvgIpc) is 2.41. The molecule has 1 N–H and O–H groups in total. The molecule has 19 heavy (non-hydrogen) atoms. The average molecular weight is 327 g/mol. The smallest absolute Gasteiger partial charge is 0.251 e. The van der Waals surface area contributed by atoms with Gasteiger partial charge in [0.1, 0.15) is 12.4 Å². The molecule has 1 aliphatic rings. The van der Waals surface area contributed by atoms with Gasteiger partial charge in [-0.3, -0.25) is 4.79 Å². The van der Waals surface area contributed by atoms with Crippen molar-refractivity contribution in [3.8, 4) is 0 Å². The zero-order valence-electron chi connectivity index (χ0n) is 11.1. The number of aromatic nitrogens is 1. The van der Waals surface area contributed by atoms with Crippen molar-refractivity contribution in [1.82, 2.24) is 4.98 Å². The van der Waals surface area contributed by atoms with E-state index in [1.54, 1.807) is 6.20 Å². The van der Waals surface area contributed by atoms with Crippen LogP contribution in [-0.2, 0) is 9.53 Å². The van der Waals surface area contributed by atoms with E-state index >= 15 is 0 Å². The van der Waals surface area contributed by atoms with Gasteiger partial charge in [0.15, 0.2) is 0 Å². The SMILES string of the molecule is Cc1cnc(NC(=O)COC2CCCCC2)c(Br)c1. The van der Waals surface area contributed by atoms with Gasteiger partial charge in [-0.2, -0.15) is 0 Å². The zero-order chi connectivity index (χ0) is 13.7. The summed E-state index contributed by atoms with van der Waals surface area (Å²) in [4.78, 5) is 16.0. The molecule has 104 valence electrons. The first kappa shape index (κ1) is 14.5. The van der Waals surface area contributed by atoms with Crippen LogP contribution in [-0.4, -0.2) is 23.6 Å². The lowest BCUT2D eigenvalue weighted by Gasteiger charge is -2.21. The van der Waals surface area contributed by atoms with E-state index < -0.39 is 0 Å². The predicted octanol–water partition coefficient (Wildman–Crippen LogP) is 3.44. The van der Waals surface area contributed by atoms with Gasteiger partial charge in [0.2, 0.25) is 0 Å². The second kappa shape index (κ2) is 7.01. The Bertz CT molecular complexity index is 445. The summed E-state index contributed by atoms with van der Waals surface area (Å²) in [6.45, 7) is 2.06. The Kier molecular flexibility index (Phi) is 5.34. The van der Waals surface area contributed by atoms with Crippen LogP contribution < -0.4 is 5.32 Å². The number of carbonyl (C=O) groups excluding carboxylic acids is 1. The van der Waals surface area contributed by atoms with E-state index in [0.29, 0.717) is 5.82 Å². The molecule has 1 saturated carbocycles. The van der Waals surface area contributed by atoms with Crippen LogP contribution in [0.25, 0.3) is 0 Å². The van der Waals surface area contributed by atoms with Gasteiger partial charge < -0.3 is 10.1 Å². The molecule has 0 aliphatic heterocycles. The molecule has 0 radical (unpaired) electrons. The Morgan fingerprint density at radius 3 is 2.89 bits per heavy atom. The number of amides is 1. The summed E-state index contributed by atoms with van der Waals surface area (Å²) in [5.74, 6) is 0.394. The normalized spacial score (nSPS) is 16.3. The number of rotatable bonds is 4. The Hall–Kier alpha value is -0.940. The summed E-state index contributed by atoms with van der Waals surface area (Å²) >= 11 is 3.39. The van der Waals surface area contributed by atoms with Gasteiger partial charge in [0.25, 0.3) is 5.91 Å². The minimum Gasteiger partial charge on any atom is -0.368 e. The summed E-state index contributed by atoms with van der Waals surface area (Å²) < 4.78 is 6.42. The first-order chi connectivity index (χ1) is 9.15. The molecule has 1 fully saturated rings. The van der Waals surface area contributed by atoms with E-state index in [2.05, 4.69) is 26.2 Å². The number of nitrogens with one attached hydrogen (secondary N) is 1. The van der Waals surface area contributed by atoms with E-state index in [4.69, 9.17) is 4.74 Å². The topological polar surface area (TPSA) is 51.2 Å². The highest BCUT2D eigenvalue weighted by atomic mass is 79.9. The quantitative estimate of drug-likeness (QED) is 0.922. The maximum absolute atomic E-state index is 11.8. The third kappa shape index (κ3) is 4.58. The minimum atomic E-state index is -0.150. The first-order valence-corrected chi connectivity index (χ1v) is 7.48. The van der Waals surface area contributed by atoms with Crippen LogP contribution in [0.3, 0.4) is 0 Å². The second-order valence-electron chi connectivity index (χ2n) is 4.96. The molecule has 1 aliphatic carbocycles. The maximum atomic E-state index is 11.8. The summed E-state index contributed by atoms with van der Waals surface area (Å²) in [7, 11) is 0. The highest BCUT2D eigenvalue weighted by Crippen LogP contribution is 2.21. The fourth-order valence-corrected chi connectivity index (χ4v) is 2.78. The molecule has 0 aromatic carbocycles. The van der Waals surface area contributed by atoms with Gasteiger partial charge in [-0.1, -0.05) is 19.3 Å². The summed E-state index contributed by atoms with van der Waals surface area (Å²) in [5.41, 5.74) is 1.04. The number of halogens is 1. The maximum Gasteiger partial charge on any atom is 0.251 e. The third-order valence-electron chi connectivity index (χ3n) is 3.24. The molecular formula is C14H19BrN2O2. The number of pyridine rings is 1. The molecule has 4 nitrogen and oxygen atoms in total. The molecule has 0 atom stereocenters. The molecule has 1 heterocycles. The van der Waals surface area contributed by atoms with Crippen LogP contribution >= 0.6 is 15.9 Å². The van der Waals surface area contributed by atoms with E-state index in [1.807, 2.05) is 13.0 Å². The van der Waals surface area contributed by atoms with Gasteiger partial charge in [0.05, 0.1) is 10.6 Å². The number of hydrogen-bond donors (Lipinski definition) is 1. The number of carbonyl (C=O) groups is 1. The molecule has 1 aromatic rings. The van der Waals surface area contributed by atoms with Gasteiger partial charge in [-0.25, -0.2) is 4.98 Å². The molecule has 0 saturated heterocycles. The number of anilines is 1. The van der Waals surface area contributed by atoms with E-state index in [-0.39, 0.29) is 18.6 Å². The third-order valence-corrected chi connectivity index (χ3v) is 3.84. The van der Waals surface area contributed by atoms with Crippen molar-refractivity contribution in [2.75, 3.05) is 11.9 Å². The minimum absolute atomic E-state index is 0.104. The van der Waals surface area contributed by atoms with E-state index in [0.717, 1.165) is 22.9 Å². The van der Waals surface area contributed by atoms with Gasteiger partial charge in [-0.15, -0.1) is 0 Å². The Morgan fingerprint density at radius 2 is 2.21 bits per heavy atom. The van der Waals surface area contributed by atoms with Crippen molar-refractivity contribution in [3.05, 3.63) is 22.3 Å². The van der Waals surface area contributed by atoms with Gasteiger partial charge >= 0.3 is 0 Å². The van der Waals surface area contributed by atoms with Crippen LogP contribution in [0.15, 0.2) is 16.7 Å². The molecule has 0 spiro atoms. The number of hydrogen-bond acceptors (Lipinski definition) is 3. The fourth-order valence-electron chi connectivity index (χ4n) is 2.22. The number of aryl methyl sites for hydroxylation is 1. The van der Waals surface area contributed by atoms with Crippen LogP contribution in [0.5, 0.6) is 0 Å². The lowest BCUT2D eigenvalue weighted by molar-refractivity contribution is -0.123. The van der Waals surface area contributed by atoms with Crippen LogP contribution in [0.4, 0.5) is 5.82 Å². The Morgan fingerprint density at radius 1 is 1.47 bits per heavy atom. The van der Waals surface area contributed by atoms with Crippen molar-refractivity contribution < 1.29 is 9.53 Å². The van der Waals surface area contributed by atoms with E-state index in [9.17, 15) is 4.79 Å². The summed E-state index contributed by atoms with van der Waals surface area (Å²) in [5, 5.41) is 2.76. The van der Waals surface area contributed by atoms with Crippen LogP contribution in [0, 0.1) is 6.92 Å². The lowest BCUT2D eigenvalue weighted by atomic mass is 9.98. The second-order valence-corrected chi connectivity index (χ2v) is 5.82. The van der Waals surface area contributed by atoms with Crippen molar-refractivity contribution in [3.63, 3.8) is 0 Å². The highest BCUT2D eigenvalue weighted by Gasteiger charge is 2.15. The Labute approximate surface area is 122 Å². The molecule has 1 amide bonds. The summed E-state index contributed by atoms with van der Waals surface area (Å²) in [6.07, 6.45) is 7.80. The fraction of sp³-hybridized carbons (Fsp3) is 0.571. The molecule has 5 heteroatoms. The van der Waals surface area contributed by atoms with Crippen LogP contribution in [0.1, 0.15) is 37.7 Å². The van der Waals surface area contributed by atoms with Gasteiger partial charge in [0, 0.05) is 6.20 Å². The predicted molar refractivity (Wildman–Crippen MR) is 78.1 cm³/mol. The molecule has 2 rings (SSSR count). The molecule has 0 bridgehead atoms. The van der Waals surface area contributed by atoms with Crippen molar-refractivity contribution in [1.29, 1.82) is 0 Å². The van der Waals surface area contributed by atoms with Crippen molar-refractivity contribution in [2.24, 2.45) is 0 Å². The number of ether oxygens (including phenoxy) is 1. The monoisotopic (exact) mass is 326 g/mol. The van der Waals surface area contributed by atoms with Crippen molar-refractivity contribution in [2.45, 2.75) is 45.1 Å². The number of nitrogens with zero attached hydrogens (tertiary/aromatic N) is 1. The lowest BCUT2D eigenvalue weighted by Crippen LogP contribution is -2.25. The largest absolute Gasteiger partial charge is 0.368 e. The molecular weight excluding hydrogens is 308 g/mol. The van der Waals surface area contributed by atoms with Crippen LogP contribution in [0.2, 0.25) is 0 Å². The van der Waals surface area contributed by atoms with E-state index in [1.165, 1.54) is 19.3 Å². The first-order valence-electron chi connectivity index (χ1n) is 6.69.